The van der Waals surface area contributed by atoms with E-state index >= 15 is 0 Å². The van der Waals surface area contributed by atoms with E-state index in [0.717, 1.165) is 6.07 Å². The molecule has 0 heterocycles. The molecule has 0 saturated carbocycles. The lowest BCUT2D eigenvalue weighted by Crippen LogP contribution is -2.25. The number of carbonyl (C=O) groups excluding carboxylic acids is 1. The summed E-state index contributed by atoms with van der Waals surface area (Å²) in [5, 5.41) is 9.11. The summed E-state index contributed by atoms with van der Waals surface area (Å²) in [6, 6.07) is 2.09. The van der Waals surface area contributed by atoms with Crippen LogP contribution in [0.5, 0.6) is 0 Å². The third-order valence-electron chi connectivity index (χ3n) is 1.90. The van der Waals surface area contributed by atoms with E-state index in [1.54, 1.807) is 0 Å². The van der Waals surface area contributed by atoms with Gasteiger partial charge in [-0.1, -0.05) is 6.07 Å². The lowest BCUT2D eigenvalue weighted by molar-refractivity contribution is -0.140. The first kappa shape index (κ1) is 12.4. The molecule has 3 nitrogen and oxygen atoms in total. The van der Waals surface area contributed by atoms with E-state index in [1.807, 2.05) is 0 Å². The Morgan fingerprint density at radius 3 is 2.38 bits per heavy atom. The molecule has 3 N–H and O–H groups in total. The second kappa shape index (κ2) is 4.09. The van der Waals surface area contributed by atoms with Crippen LogP contribution >= 0.6 is 0 Å². The van der Waals surface area contributed by atoms with Crippen LogP contribution in [-0.2, 0) is 11.0 Å². The summed E-state index contributed by atoms with van der Waals surface area (Å²) < 4.78 is 50.4. The summed E-state index contributed by atoms with van der Waals surface area (Å²) in [7, 11) is 0. The average Bonchev–Trinajstić information content (AvgIpc) is 2.14. The number of aliphatic hydroxyl groups excluding tert-OH is 1. The maximum absolute atomic E-state index is 13.1. The number of alkyl halides is 3. The Labute approximate surface area is 87.5 Å². The molecule has 16 heavy (non-hydrogen) atoms. The Hall–Kier alpha value is -1.63. The van der Waals surface area contributed by atoms with Crippen molar-refractivity contribution in [3.8, 4) is 0 Å². The summed E-state index contributed by atoms with van der Waals surface area (Å²) in [6.45, 7) is 0. The molecule has 1 aromatic carbocycles. The topological polar surface area (TPSA) is 63.3 Å². The molecule has 1 aromatic rings. The Kier molecular flexibility index (Phi) is 3.18. The SMILES string of the molecule is NC(=O)C(O)c1c(F)cccc1C(F)(F)F. The van der Waals surface area contributed by atoms with E-state index in [-0.39, 0.29) is 0 Å². The number of amides is 1. The largest absolute Gasteiger partial charge is 0.416 e. The molecule has 7 heteroatoms. The minimum Gasteiger partial charge on any atom is -0.378 e. The zero-order valence-electron chi connectivity index (χ0n) is 7.75. The van der Waals surface area contributed by atoms with Gasteiger partial charge in [-0.15, -0.1) is 0 Å². The number of primary amides is 1. The molecule has 1 amide bonds. The predicted octanol–water partition coefficient (Wildman–Crippen LogP) is 1.36. The molecule has 0 aliphatic rings. The molecule has 1 atom stereocenters. The number of halogens is 4. The van der Waals surface area contributed by atoms with Gasteiger partial charge in [0.15, 0.2) is 6.10 Å². The van der Waals surface area contributed by atoms with Gasteiger partial charge in [-0.3, -0.25) is 4.79 Å². The van der Waals surface area contributed by atoms with Crippen LogP contribution in [-0.4, -0.2) is 11.0 Å². The molecule has 0 aliphatic heterocycles. The van der Waals surface area contributed by atoms with Crippen LogP contribution in [0.2, 0.25) is 0 Å². The Balaban J connectivity index is 3.41. The third kappa shape index (κ3) is 2.30. The molecule has 0 radical (unpaired) electrons. The van der Waals surface area contributed by atoms with Crippen molar-refractivity contribution in [2.75, 3.05) is 0 Å². The molecule has 1 unspecified atom stereocenters. The van der Waals surface area contributed by atoms with Crippen molar-refractivity contribution >= 4 is 5.91 Å². The number of hydrogen-bond acceptors (Lipinski definition) is 2. The number of nitrogens with two attached hydrogens (primary N) is 1. The maximum atomic E-state index is 13.1. The number of hydrogen-bond donors (Lipinski definition) is 2. The third-order valence-corrected chi connectivity index (χ3v) is 1.90. The van der Waals surface area contributed by atoms with Gasteiger partial charge in [0.05, 0.1) is 5.56 Å². The average molecular weight is 237 g/mol. The van der Waals surface area contributed by atoms with Crippen LogP contribution in [0.15, 0.2) is 18.2 Å². The maximum Gasteiger partial charge on any atom is 0.416 e. The van der Waals surface area contributed by atoms with Gasteiger partial charge in [-0.2, -0.15) is 13.2 Å². The quantitative estimate of drug-likeness (QED) is 0.763. The first-order valence-electron chi connectivity index (χ1n) is 4.08. The van der Waals surface area contributed by atoms with Crippen molar-refractivity contribution in [1.29, 1.82) is 0 Å². The van der Waals surface area contributed by atoms with Gasteiger partial charge in [0.2, 0.25) is 0 Å². The van der Waals surface area contributed by atoms with Gasteiger partial charge in [0.1, 0.15) is 5.82 Å². The first-order chi connectivity index (χ1) is 7.25. The molecule has 1 rings (SSSR count). The van der Waals surface area contributed by atoms with Gasteiger partial charge in [-0.05, 0) is 12.1 Å². The van der Waals surface area contributed by atoms with Crippen LogP contribution in [0.4, 0.5) is 17.6 Å². The second-order valence-electron chi connectivity index (χ2n) is 3.00. The summed E-state index contributed by atoms with van der Waals surface area (Å²) in [6.07, 6.45) is -7.19. The van der Waals surface area contributed by atoms with E-state index in [4.69, 9.17) is 5.11 Å². The Morgan fingerprint density at radius 2 is 1.94 bits per heavy atom. The molecule has 0 aliphatic carbocycles. The zero-order chi connectivity index (χ0) is 12.5. The molecule has 0 aromatic heterocycles. The molecular weight excluding hydrogens is 230 g/mol. The normalized spacial score (nSPS) is 13.6. The minimum atomic E-state index is -4.87. The summed E-state index contributed by atoms with van der Waals surface area (Å²) in [5.41, 5.74) is 2.06. The Morgan fingerprint density at radius 1 is 1.38 bits per heavy atom. The second-order valence-corrected chi connectivity index (χ2v) is 3.00. The van der Waals surface area contributed by atoms with Crippen LogP contribution in [0.1, 0.15) is 17.2 Å². The fraction of sp³-hybridized carbons (Fsp3) is 0.222. The van der Waals surface area contributed by atoms with E-state index in [0.29, 0.717) is 12.1 Å². The molecule has 0 saturated heterocycles. The summed E-state index contributed by atoms with van der Waals surface area (Å²) in [4.78, 5) is 10.6. The van der Waals surface area contributed by atoms with Gasteiger partial charge < -0.3 is 10.8 Å². The first-order valence-corrected chi connectivity index (χ1v) is 4.08. The minimum absolute atomic E-state index is 0.560. The van der Waals surface area contributed by atoms with Crippen molar-refractivity contribution in [1.82, 2.24) is 0 Å². The van der Waals surface area contributed by atoms with Crippen LogP contribution in [0.25, 0.3) is 0 Å². The standard InChI is InChI=1S/C9H7F4NO2/c10-5-3-1-2-4(9(11,12)13)6(5)7(15)8(14)16/h1-3,7,15H,(H2,14,16). The van der Waals surface area contributed by atoms with Crippen LogP contribution in [0, 0.1) is 5.82 Å². The predicted molar refractivity (Wildman–Crippen MR) is 45.6 cm³/mol. The smallest absolute Gasteiger partial charge is 0.378 e. The highest BCUT2D eigenvalue weighted by molar-refractivity contribution is 5.80. The molecular formula is C9H7F4NO2. The molecule has 0 spiro atoms. The highest BCUT2D eigenvalue weighted by Crippen LogP contribution is 2.35. The van der Waals surface area contributed by atoms with E-state index in [9.17, 15) is 22.4 Å². The monoisotopic (exact) mass is 237 g/mol. The number of carbonyl (C=O) groups is 1. The van der Waals surface area contributed by atoms with Gasteiger partial charge in [0.25, 0.3) is 5.91 Å². The van der Waals surface area contributed by atoms with Crippen molar-refractivity contribution in [3.63, 3.8) is 0 Å². The highest BCUT2D eigenvalue weighted by Gasteiger charge is 2.37. The lowest BCUT2D eigenvalue weighted by Gasteiger charge is -2.15. The lowest BCUT2D eigenvalue weighted by atomic mass is 10.0. The van der Waals surface area contributed by atoms with Gasteiger partial charge in [-0.25, -0.2) is 4.39 Å². The van der Waals surface area contributed by atoms with Crippen molar-refractivity contribution in [2.24, 2.45) is 5.73 Å². The van der Waals surface area contributed by atoms with Gasteiger partial charge >= 0.3 is 6.18 Å². The fourth-order valence-electron chi connectivity index (χ4n) is 1.20. The highest BCUT2D eigenvalue weighted by atomic mass is 19.4. The number of aliphatic hydroxyl groups is 1. The van der Waals surface area contributed by atoms with Crippen molar-refractivity contribution in [2.45, 2.75) is 12.3 Å². The number of benzene rings is 1. The zero-order valence-corrected chi connectivity index (χ0v) is 7.75. The summed E-state index contributed by atoms with van der Waals surface area (Å²) in [5.74, 6) is -2.78. The molecule has 0 fully saturated rings. The Bertz CT molecular complexity index is 416. The van der Waals surface area contributed by atoms with Crippen molar-refractivity contribution < 1.29 is 27.5 Å². The summed E-state index contributed by atoms with van der Waals surface area (Å²) >= 11 is 0. The molecule has 0 bridgehead atoms. The van der Waals surface area contributed by atoms with Gasteiger partial charge in [0, 0.05) is 5.56 Å². The van der Waals surface area contributed by atoms with Crippen LogP contribution in [0.3, 0.4) is 0 Å². The fourth-order valence-corrected chi connectivity index (χ4v) is 1.20. The van der Waals surface area contributed by atoms with E-state index in [2.05, 4.69) is 5.73 Å². The van der Waals surface area contributed by atoms with E-state index in [1.165, 1.54) is 0 Å². The van der Waals surface area contributed by atoms with Crippen LogP contribution < -0.4 is 5.73 Å². The molecule has 88 valence electrons. The van der Waals surface area contributed by atoms with E-state index < -0.39 is 35.1 Å². The number of rotatable bonds is 2. The van der Waals surface area contributed by atoms with Crippen molar-refractivity contribution in [3.05, 3.63) is 35.1 Å².